The fourth-order valence-electron chi connectivity index (χ4n) is 1.39. The molecule has 0 N–H and O–H groups in total. The highest BCUT2D eigenvalue weighted by molar-refractivity contribution is 7.79. The highest BCUT2D eigenvalue weighted by Crippen LogP contribution is 2.16. The molecule has 2 aromatic rings. The molecule has 0 aliphatic rings. The fraction of sp³-hybridized carbons (Fsp3) is 0.182. The van der Waals surface area contributed by atoms with Crippen molar-refractivity contribution in [3.8, 4) is 0 Å². The van der Waals surface area contributed by atoms with E-state index in [9.17, 15) is 0 Å². The van der Waals surface area contributed by atoms with Crippen LogP contribution in [0.4, 0.5) is 0 Å². The maximum absolute atomic E-state index is 4.33. The summed E-state index contributed by atoms with van der Waals surface area (Å²) in [5.41, 5.74) is 3.49. The van der Waals surface area contributed by atoms with Gasteiger partial charge in [-0.1, -0.05) is 6.07 Å². The van der Waals surface area contributed by atoms with Crippen LogP contribution in [-0.2, 0) is 5.75 Å². The first-order valence-electron chi connectivity index (χ1n) is 4.26. The lowest BCUT2D eigenvalue weighted by atomic mass is 10.1. The van der Waals surface area contributed by atoms with Gasteiger partial charge in [0.05, 0.1) is 5.52 Å². The molecule has 0 radical (unpaired) electrons. The van der Waals surface area contributed by atoms with E-state index in [1.165, 1.54) is 16.5 Å². The molecule has 0 aliphatic heterocycles. The minimum absolute atomic E-state index is 0.782. The Bertz CT molecular complexity index is 437. The van der Waals surface area contributed by atoms with Crippen molar-refractivity contribution in [2.75, 3.05) is 0 Å². The van der Waals surface area contributed by atoms with Gasteiger partial charge in [-0.2, -0.15) is 12.6 Å². The summed E-state index contributed by atoms with van der Waals surface area (Å²) in [6, 6.07) is 8.40. The average Bonchev–Trinajstić information content (AvgIpc) is 2.16. The summed E-state index contributed by atoms with van der Waals surface area (Å²) >= 11 is 4.24. The minimum atomic E-state index is 0.782. The number of aryl methyl sites for hydroxylation is 1. The molecule has 1 aromatic carbocycles. The summed E-state index contributed by atoms with van der Waals surface area (Å²) in [6.07, 6.45) is 1.89. The first-order valence-corrected chi connectivity index (χ1v) is 4.89. The molecule has 0 saturated heterocycles. The first-order chi connectivity index (χ1) is 6.29. The van der Waals surface area contributed by atoms with Crippen molar-refractivity contribution in [3.63, 3.8) is 0 Å². The smallest absolute Gasteiger partial charge is 0.0702 e. The molecular weight excluding hydrogens is 178 g/mol. The van der Waals surface area contributed by atoms with Crippen molar-refractivity contribution in [2.24, 2.45) is 0 Å². The van der Waals surface area contributed by atoms with Crippen molar-refractivity contribution < 1.29 is 0 Å². The Morgan fingerprint density at radius 2 is 2.15 bits per heavy atom. The topological polar surface area (TPSA) is 12.9 Å². The molecular formula is C11H11NS. The van der Waals surface area contributed by atoms with E-state index >= 15 is 0 Å². The van der Waals surface area contributed by atoms with Crippen LogP contribution in [0.1, 0.15) is 11.1 Å². The second kappa shape index (κ2) is 3.38. The fourth-order valence-corrected chi connectivity index (χ4v) is 1.59. The van der Waals surface area contributed by atoms with Gasteiger partial charge in [0.25, 0.3) is 0 Å². The van der Waals surface area contributed by atoms with E-state index in [-0.39, 0.29) is 0 Å². The summed E-state index contributed by atoms with van der Waals surface area (Å²) in [6.45, 7) is 2.06. The highest BCUT2D eigenvalue weighted by atomic mass is 32.1. The maximum Gasteiger partial charge on any atom is 0.0702 e. The first kappa shape index (κ1) is 8.57. The molecule has 2 heteroatoms. The predicted molar refractivity (Wildman–Crippen MR) is 59.2 cm³/mol. The standard InChI is InChI=1S/C11H11NS/c1-8-4-10-5-9(7-13)2-3-11(10)12-6-8/h2-6,13H,7H2,1H3. The molecule has 0 aliphatic carbocycles. The summed E-state index contributed by atoms with van der Waals surface area (Å²) < 4.78 is 0. The van der Waals surface area contributed by atoms with Crippen LogP contribution in [0.2, 0.25) is 0 Å². The number of fused-ring (bicyclic) bond motifs is 1. The molecule has 1 heterocycles. The lowest BCUT2D eigenvalue weighted by Gasteiger charge is -2.00. The Labute approximate surface area is 83.2 Å². The van der Waals surface area contributed by atoms with Crippen molar-refractivity contribution in [1.29, 1.82) is 0 Å². The third kappa shape index (κ3) is 1.68. The van der Waals surface area contributed by atoms with Crippen molar-refractivity contribution in [1.82, 2.24) is 4.98 Å². The Morgan fingerprint density at radius 3 is 2.92 bits per heavy atom. The zero-order valence-corrected chi connectivity index (χ0v) is 8.38. The van der Waals surface area contributed by atoms with Crippen LogP contribution in [0.5, 0.6) is 0 Å². The number of thiol groups is 1. The van der Waals surface area contributed by atoms with Gasteiger partial charge < -0.3 is 0 Å². The normalized spacial score (nSPS) is 10.6. The molecule has 2 rings (SSSR count). The SMILES string of the molecule is Cc1cnc2ccc(CS)cc2c1. The van der Waals surface area contributed by atoms with Gasteiger partial charge in [0.15, 0.2) is 0 Å². The van der Waals surface area contributed by atoms with Gasteiger partial charge in [-0.05, 0) is 36.2 Å². The van der Waals surface area contributed by atoms with E-state index in [1.54, 1.807) is 0 Å². The number of rotatable bonds is 1. The molecule has 0 saturated carbocycles. The molecule has 1 nitrogen and oxygen atoms in total. The van der Waals surface area contributed by atoms with Crippen LogP contribution >= 0.6 is 12.6 Å². The largest absolute Gasteiger partial charge is 0.256 e. The second-order valence-electron chi connectivity index (χ2n) is 3.20. The van der Waals surface area contributed by atoms with Crippen LogP contribution in [0.25, 0.3) is 10.9 Å². The molecule has 0 bridgehead atoms. The van der Waals surface area contributed by atoms with Gasteiger partial charge in [0.1, 0.15) is 0 Å². The average molecular weight is 189 g/mol. The number of hydrogen-bond acceptors (Lipinski definition) is 2. The highest BCUT2D eigenvalue weighted by Gasteiger charge is 1.96. The van der Waals surface area contributed by atoms with E-state index in [1.807, 2.05) is 12.3 Å². The van der Waals surface area contributed by atoms with E-state index in [0.717, 1.165) is 11.3 Å². The number of pyridine rings is 1. The number of nitrogens with zero attached hydrogens (tertiary/aromatic N) is 1. The number of hydrogen-bond donors (Lipinski definition) is 1. The third-order valence-electron chi connectivity index (χ3n) is 2.06. The predicted octanol–water partition coefficient (Wildman–Crippen LogP) is 2.97. The summed E-state index contributed by atoms with van der Waals surface area (Å²) in [7, 11) is 0. The van der Waals surface area contributed by atoms with E-state index in [2.05, 4.69) is 42.7 Å². The lowest BCUT2D eigenvalue weighted by Crippen LogP contribution is -1.83. The molecule has 0 amide bonds. The Balaban J connectivity index is 2.68. The van der Waals surface area contributed by atoms with Gasteiger partial charge in [0, 0.05) is 17.3 Å². The van der Waals surface area contributed by atoms with Gasteiger partial charge >= 0.3 is 0 Å². The van der Waals surface area contributed by atoms with Gasteiger partial charge in [-0.3, -0.25) is 4.98 Å². The van der Waals surface area contributed by atoms with E-state index in [0.29, 0.717) is 0 Å². The molecule has 0 unspecified atom stereocenters. The summed E-state index contributed by atoms with van der Waals surface area (Å²) in [5, 5.41) is 1.20. The van der Waals surface area contributed by atoms with Crippen LogP contribution in [-0.4, -0.2) is 4.98 Å². The van der Waals surface area contributed by atoms with Crippen LogP contribution in [0, 0.1) is 6.92 Å². The van der Waals surface area contributed by atoms with Gasteiger partial charge in [0.2, 0.25) is 0 Å². The molecule has 66 valence electrons. The van der Waals surface area contributed by atoms with Crippen molar-refractivity contribution in [2.45, 2.75) is 12.7 Å². The molecule has 0 fully saturated rings. The van der Waals surface area contributed by atoms with Gasteiger partial charge in [-0.25, -0.2) is 0 Å². The Kier molecular flexibility index (Phi) is 2.23. The van der Waals surface area contributed by atoms with Crippen molar-refractivity contribution >= 4 is 23.5 Å². The van der Waals surface area contributed by atoms with Crippen LogP contribution in [0.15, 0.2) is 30.5 Å². The third-order valence-corrected chi connectivity index (χ3v) is 2.43. The second-order valence-corrected chi connectivity index (χ2v) is 3.51. The van der Waals surface area contributed by atoms with Crippen molar-refractivity contribution in [3.05, 3.63) is 41.6 Å². The number of benzene rings is 1. The van der Waals surface area contributed by atoms with E-state index < -0.39 is 0 Å². The quantitative estimate of drug-likeness (QED) is 0.680. The minimum Gasteiger partial charge on any atom is -0.256 e. The Morgan fingerprint density at radius 1 is 1.31 bits per heavy atom. The molecule has 1 aromatic heterocycles. The Hall–Kier alpha value is -1.02. The molecule has 0 atom stereocenters. The monoisotopic (exact) mass is 189 g/mol. The molecule has 0 spiro atoms. The van der Waals surface area contributed by atoms with Crippen LogP contribution < -0.4 is 0 Å². The molecule has 13 heavy (non-hydrogen) atoms. The zero-order valence-electron chi connectivity index (χ0n) is 7.49. The maximum atomic E-state index is 4.33. The summed E-state index contributed by atoms with van der Waals surface area (Å²) in [5.74, 6) is 0.782. The lowest BCUT2D eigenvalue weighted by molar-refractivity contribution is 1.32. The van der Waals surface area contributed by atoms with E-state index in [4.69, 9.17) is 0 Å². The zero-order chi connectivity index (χ0) is 9.26. The number of aromatic nitrogens is 1. The van der Waals surface area contributed by atoms with Gasteiger partial charge in [-0.15, -0.1) is 0 Å². The van der Waals surface area contributed by atoms with Crippen LogP contribution in [0.3, 0.4) is 0 Å². The summed E-state index contributed by atoms with van der Waals surface area (Å²) in [4.78, 5) is 4.33.